The maximum absolute atomic E-state index is 11.8. The van der Waals surface area contributed by atoms with Gasteiger partial charge in [0.15, 0.2) is 6.67 Å². The Bertz CT molecular complexity index is 412. The molecule has 1 heterocycles. The number of rotatable bonds is 21. The number of unbranched alkanes of at least 4 members (excludes halogenated alkanes) is 13. The van der Waals surface area contributed by atoms with E-state index in [1.807, 2.05) is 4.90 Å². The molecule has 30 heavy (non-hydrogen) atoms. The molecule has 4 heteroatoms. The Labute approximate surface area is 188 Å². The summed E-state index contributed by atoms with van der Waals surface area (Å²) in [6, 6.07) is 0. The van der Waals surface area contributed by atoms with Crippen molar-refractivity contribution in [2.45, 2.75) is 116 Å². The van der Waals surface area contributed by atoms with Crippen molar-refractivity contribution < 1.29 is 14.0 Å². The molecule has 178 valence electrons. The average Bonchev–Trinajstić information content (AvgIpc) is 3.10. The number of hydrogen-bond donors (Lipinski definition) is 0. The quantitative estimate of drug-likeness (QED) is 0.154. The first-order valence-electron chi connectivity index (χ1n) is 13.2. The molecule has 0 saturated carbocycles. The summed E-state index contributed by atoms with van der Waals surface area (Å²) in [5, 5.41) is 0. The number of carbonyl (C=O) groups excluding carboxylic acids is 1. The van der Waals surface area contributed by atoms with Crippen LogP contribution in [0, 0.1) is 0 Å². The minimum Gasteiger partial charge on any atom is -0.381 e. The molecule has 4 nitrogen and oxygen atoms in total. The minimum absolute atomic E-state index is 0.329. The molecule has 0 bridgehead atoms. The summed E-state index contributed by atoms with van der Waals surface area (Å²) in [4.78, 5) is 13.8. The molecular weight excluding hydrogens is 372 g/mol. The predicted molar refractivity (Wildman–Crippen MR) is 129 cm³/mol. The normalized spacial score (nSPS) is 14.8. The van der Waals surface area contributed by atoms with Gasteiger partial charge in [0.2, 0.25) is 5.91 Å². The van der Waals surface area contributed by atoms with E-state index in [2.05, 4.69) is 21.0 Å². The highest BCUT2D eigenvalue weighted by Gasteiger charge is 2.26. The van der Waals surface area contributed by atoms with Crippen molar-refractivity contribution >= 4 is 5.91 Å². The zero-order chi connectivity index (χ0) is 21.9. The Morgan fingerprint density at radius 3 is 1.77 bits per heavy atom. The second kappa shape index (κ2) is 18.0. The Hall–Kier alpha value is -0.610. The minimum atomic E-state index is 0.329. The number of amides is 1. The molecule has 1 fully saturated rings. The summed E-state index contributed by atoms with van der Waals surface area (Å²) in [6.45, 7) is 6.91. The molecule has 0 aromatic heterocycles. The Balaban J connectivity index is 1.77. The molecule has 1 amide bonds. The molecule has 0 aromatic rings. The van der Waals surface area contributed by atoms with Gasteiger partial charge < -0.3 is 9.22 Å². The Morgan fingerprint density at radius 1 is 0.767 bits per heavy atom. The van der Waals surface area contributed by atoms with E-state index in [9.17, 15) is 4.79 Å². The highest BCUT2D eigenvalue weighted by atomic mass is 16.5. The number of likely N-dealkylation sites (tertiary alicyclic amines) is 1. The van der Waals surface area contributed by atoms with E-state index in [4.69, 9.17) is 4.74 Å². The molecular formula is C26H53N2O2+. The van der Waals surface area contributed by atoms with Crippen molar-refractivity contribution in [1.29, 1.82) is 0 Å². The standard InChI is InChI=1S/C26H53N2O2/c1-4-5-6-7-8-9-10-11-12-13-14-15-16-17-23-30-24-19-22-28(2,3)25-27-21-18-20-26(27)29/h4-25H2,1-3H3/q+1. The van der Waals surface area contributed by atoms with E-state index in [1.165, 1.54) is 89.9 Å². The largest absolute Gasteiger partial charge is 0.381 e. The van der Waals surface area contributed by atoms with Crippen molar-refractivity contribution in [3.63, 3.8) is 0 Å². The zero-order valence-corrected chi connectivity index (χ0v) is 20.8. The molecule has 0 unspecified atom stereocenters. The lowest BCUT2D eigenvalue weighted by Gasteiger charge is -2.33. The van der Waals surface area contributed by atoms with Crippen molar-refractivity contribution in [1.82, 2.24) is 4.90 Å². The van der Waals surface area contributed by atoms with Crippen LogP contribution in [0.5, 0.6) is 0 Å². The molecule has 0 radical (unpaired) electrons. The van der Waals surface area contributed by atoms with Gasteiger partial charge >= 0.3 is 0 Å². The van der Waals surface area contributed by atoms with Crippen LogP contribution in [-0.2, 0) is 9.53 Å². The summed E-state index contributed by atoms with van der Waals surface area (Å²) in [5.41, 5.74) is 0. The second-order valence-corrected chi connectivity index (χ2v) is 10.1. The van der Waals surface area contributed by atoms with Crippen LogP contribution in [0.2, 0.25) is 0 Å². The van der Waals surface area contributed by atoms with Gasteiger partial charge in [-0.1, -0.05) is 90.4 Å². The van der Waals surface area contributed by atoms with E-state index in [0.717, 1.165) is 56.7 Å². The fourth-order valence-electron chi connectivity index (χ4n) is 4.48. The Morgan fingerprint density at radius 2 is 1.27 bits per heavy atom. The van der Waals surface area contributed by atoms with Crippen LogP contribution in [0.4, 0.5) is 0 Å². The van der Waals surface area contributed by atoms with Gasteiger partial charge in [-0.05, 0) is 12.8 Å². The summed E-state index contributed by atoms with van der Waals surface area (Å²) in [7, 11) is 4.44. The van der Waals surface area contributed by atoms with Gasteiger partial charge in [-0.2, -0.15) is 0 Å². The first-order valence-corrected chi connectivity index (χ1v) is 13.2. The van der Waals surface area contributed by atoms with Gasteiger partial charge in [-0.3, -0.25) is 9.69 Å². The summed E-state index contributed by atoms with van der Waals surface area (Å²) >= 11 is 0. The van der Waals surface area contributed by atoms with Gasteiger partial charge in [-0.15, -0.1) is 0 Å². The van der Waals surface area contributed by atoms with E-state index >= 15 is 0 Å². The smallest absolute Gasteiger partial charge is 0.226 e. The lowest BCUT2D eigenvalue weighted by molar-refractivity contribution is -0.899. The van der Waals surface area contributed by atoms with E-state index in [-0.39, 0.29) is 0 Å². The lowest BCUT2D eigenvalue weighted by Crippen LogP contribution is -2.49. The molecule has 1 aliphatic rings. The van der Waals surface area contributed by atoms with Crippen molar-refractivity contribution in [2.24, 2.45) is 0 Å². The first kappa shape index (κ1) is 27.4. The molecule has 0 atom stereocenters. The van der Waals surface area contributed by atoms with Gasteiger partial charge in [0, 0.05) is 26.0 Å². The lowest BCUT2D eigenvalue weighted by atomic mass is 10.0. The van der Waals surface area contributed by atoms with Crippen molar-refractivity contribution in [3.05, 3.63) is 0 Å². The van der Waals surface area contributed by atoms with Crippen LogP contribution >= 0.6 is 0 Å². The highest BCUT2D eigenvalue weighted by Crippen LogP contribution is 2.14. The topological polar surface area (TPSA) is 29.5 Å². The maximum atomic E-state index is 11.8. The molecule has 0 aromatic carbocycles. The first-order chi connectivity index (χ1) is 14.5. The van der Waals surface area contributed by atoms with E-state index in [0.29, 0.717) is 5.91 Å². The third kappa shape index (κ3) is 15.2. The van der Waals surface area contributed by atoms with Crippen LogP contribution in [0.1, 0.15) is 116 Å². The van der Waals surface area contributed by atoms with Crippen LogP contribution in [0.3, 0.4) is 0 Å². The number of ether oxygens (including phenoxy) is 1. The highest BCUT2D eigenvalue weighted by molar-refractivity contribution is 5.77. The zero-order valence-electron chi connectivity index (χ0n) is 20.8. The SMILES string of the molecule is CCCCCCCCCCCCCCCCOCCC[N+](C)(C)CN1CCCC1=O. The fraction of sp³-hybridized carbons (Fsp3) is 0.962. The van der Waals surface area contributed by atoms with Crippen LogP contribution in [0.15, 0.2) is 0 Å². The van der Waals surface area contributed by atoms with Gasteiger partial charge in [-0.25, -0.2) is 0 Å². The predicted octanol–water partition coefficient (Wildman–Crippen LogP) is 6.53. The summed E-state index contributed by atoms with van der Waals surface area (Å²) < 4.78 is 6.72. The molecule has 1 aliphatic heterocycles. The maximum Gasteiger partial charge on any atom is 0.226 e. The molecule has 0 N–H and O–H groups in total. The van der Waals surface area contributed by atoms with Gasteiger partial charge in [0.05, 0.1) is 27.2 Å². The van der Waals surface area contributed by atoms with Gasteiger partial charge in [0.25, 0.3) is 0 Å². The number of nitrogens with zero attached hydrogens (tertiary/aromatic N) is 2. The monoisotopic (exact) mass is 425 g/mol. The van der Waals surface area contributed by atoms with Crippen molar-refractivity contribution in [3.8, 4) is 0 Å². The van der Waals surface area contributed by atoms with E-state index < -0.39 is 0 Å². The van der Waals surface area contributed by atoms with Crippen LogP contribution < -0.4 is 0 Å². The average molecular weight is 426 g/mol. The van der Waals surface area contributed by atoms with Gasteiger partial charge in [0.1, 0.15) is 0 Å². The summed E-state index contributed by atoms with van der Waals surface area (Å²) in [6.07, 6.45) is 22.5. The molecule has 1 rings (SSSR count). The number of carbonyl (C=O) groups is 1. The third-order valence-electron chi connectivity index (χ3n) is 6.42. The number of hydrogen-bond acceptors (Lipinski definition) is 2. The fourth-order valence-corrected chi connectivity index (χ4v) is 4.48. The third-order valence-corrected chi connectivity index (χ3v) is 6.42. The number of quaternary nitrogens is 1. The van der Waals surface area contributed by atoms with E-state index in [1.54, 1.807) is 0 Å². The molecule has 0 aliphatic carbocycles. The Kier molecular flexibility index (Phi) is 16.5. The second-order valence-electron chi connectivity index (χ2n) is 10.1. The van der Waals surface area contributed by atoms with Crippen molar-refractivity contribution in [2.75, 3.05) is 47.1 Å². The van der Waals surface area contributed by atoms with Crippen LogP contribution in [-0.4, -0.2) is 62.4 Å². The van der Waals surface area contributed by atoms with Crippen LogP contribution in [0.25, 0.3) is 0 Å². The summed E-state index contributed by atoms with van der Waals surface area (Å²) in [5.74, 6) is 0.329. The molecule has 1 saturated heterocycles. The molecule has 0 spiro atoms.